The van der Waals surface area contributed by atoms with E-state index in [1.165, 1.54) is 37.7 Å². The number of pyridine rings is 1. The van der Waals surface area contributed by atoms with Gasteiger partial charge in [0.05, 0.1) is 0 Å². The van der Waals surface area contributed by atoms with Gasteiger partial charge in [-0.25, -0.2) is 4.98 Å². The third-order valence-corrected chi connectivity index (χ3v) is 5.44. The molecule has 4 rings (SSSR count). The summed E-state index contributed by atoms with van der Waals surface area (Å²) < 4.78 is 0. The van der Waals surface area contributed by atoms with Crippen molar-refractivity contribution in [2.24, 2.45) is 5.92 Å². The average Bonchev–Trinajstić information content (AvgIpc) is 2.96. The SMILES string of the molecule is C.O=C(CCc1c[nH]c2ncccc12)N1CCC2CCCC1C2. The molecule has 0 radical (unpaired) electrons. The predicted molar refractivity (Wildman–Crippen MR) is 93.2 cm³/mol. The van der Waals surface area contributed by atoms with Crippen LogP contribution in [0.1, 0.15) is 51.5 Å². The average molecular weight is 313 g/mol. The number of fused-ring (bicyclic) bond motifs is 3. The number of rotatable bonds is 3. The van der Waals surface area contributed by atoms with Crippen LogP contribution in [0.4, 0.5) is 0 Å². The maximum Gasteiger partial charge on any atom is 0.223 e. The normalized spacial score (nSPS) is 23.6. The Balaban J connectivity index is 0.00000156. The molecule has 0 aromatic carbocycles. The van der Waals surface area contributed by atoms with Crippen LogP contribution >= 0.6 is 0 Å². The smallest absolute Gasteiger partial charge is 0.223 e. The quantitative estimate of drug-likeness (QED) is 0.933. The number of piperidine rings is 1. The van der Waals surface area contributed by atoms with Gasteiger partial charge in [-0.2, -0.15) is 0 Å². The van der Waals surface area contributed by atoms with Crippen LogP contribution in [0, 0.1) is 5.92 Å². The summed E-state index contributed by atoms with van der Waals surface area (Å²) in [5, 5.41) is 1.15. The van der Waals surface area contributed by atoms with Crippen LogP contribution in [0.3, 0.4) is 0 Å². The fourth-order valence-corrected chi connectivity index (χ4v) is 4.25. The number of aryl methyl sites for hydroxylation is 1. The zero-order valence-electron chi connectivity index (χ0n) is 12.9. The molecule has 2 aliphatic rings. The summed E-state index contributed by atoms with van der Waals surface area (Å²) in [6.45, 7) is 0.976. The van der Waals surface area contributed by atoms with E-state index in [1.54, 1.807) is 6.20 Å². The highest BCUT2D eigenvalue weighted by Crippen LogP contribution is 2.35. The van der Waals surface area contributed by atoms with Gasteiger partial charge in [-0.05, 0) is 49.3 Å². The number of aromatic nitrogens is 2. The second-order valence-electron chi connectivity index (χ2n) is 6.78. The van der Waals surface area contributed by atoms with Crippen molar-refractivity contribution in [1.82, 2.24) is 14.9 Å². The number of carbonyl (C=O) groups is 1. The van der Waals surface area contributed by atoms with Gasteiger partial charge in [0.15, 0.2) is 0 Å². The molecule has 2 bridgehead atoms. The van der Waals surface area contributed by atoms with E-state index in [1.807, 2.05) is 12.3 Å². The minimum Gasteiger partial charge on any atom is -0.346 e. The van der Waals surface area contributed by atoms with Gasteiger partial charge in [-0.1, -0.05) is 20.3 Å². The molecule has 4 heteroatoms. The monoisotopic (exact) mass is 313 g/mol. The molecule has 2 atom stereocenters. The number of nitrogens with zero attached hydrogens (tertiary/aromatic N) is 2. The first-order valence-corrected chi connectivity index (χ1v) is 8.52. The van der Waals surface area contributed by atoms with Gasteiger partial charge < -0.3 is 9.88 Å². The Morgan fingerprint density at radius 2 is 2.26 bits per heavy atom. The highest BCUT2D eigenvalue weighted by Gasteiger charge is 2.33. The number of hydrogen-bond acceptors (Lipinski definition) is 2. The Morgan fingerprint density at radius 1 is 1.35 bits per heavy atom. The molecule has 124 valence electrons. The van der Waals surface area contributed by atoms with Crippen LogP contribution in [-0.2, 0) is 11.2 Å². The van der Waals surface area contributed by atoms with Crippen molar-refractivity contribution in [3.05, 3.63) is 30.1 Å². The first-order chi connectivity index (χ1) is 10.8. The second kappa shape index (κ2) is 6.73. The molecular formula is C19H27N3O. The van der Waals surface area contributed by atoms with Gasteiger partial charge in [-0.3, -0.25) is 4.79 Å². The standard InChI is InChI=1S/C18H23N3O.CH4/c22-17(21-10-8-13-3-1-4-15(21)11-13)7-6-14-12-20-18-16(14)5-2-9-19-18;/h2,5,9,12-13,15H,1,3-4,6-8,10-11H2,(H,19,20);1H4. The molecule has 23 heavy (non-hydrogen) atoms. The summed E-state index contributed by atoms with van der Waals surface area (Å²) in [5.41, 5.74) is 2.12. The van der Waals surface area contributed by atoms with E-state index in [-0.39, 0.29) is 7.43 Å². The molecule has 1 aliphatic heterocycles. The molecule has 3 heterocycles. The Morgan fingerprint density at radius 3 is 3.17 bits per heavy atom. The minimum atomic E-state index is 0. The number of carbonyl (C=O) groups excluding carboxylic acids is 1. The Hall–Kier alpha value is -1.84. The topological polar surface area (TPSA) is 49.0 Å². The molecule has 1 N–H and O–H groups in total. The number of hydrogen-bond donors (Lipinski definition) is 1. The second-order valence-corrected chi connectivity index (χ2v) is 6.78. The highest BCUT2D eigenvalue weighted by molar-refractivity contribution is 5.81. The highest BCUT2D eigenvalue weighted by atomic mass is 16.2. The lowest BCUT2D eigenvalue weighted by atomic mass is 9.79. The molecule has 1 aliphatic carbocycles. The van der Waals surface area contributed by atoms with Crippen LogP contribution in [0.2, 0.25) is 0 Å². The first-order valence-electron chi connectivity index (χ1n) is 8.52. The van der Waals surface area contributed by atoms with Gasteiger partial charge in [0.2, 0.25) is 5.91 Å². The maximum absolute atomic E-state index is 12.6. The van der Waals surface area contributed by atoms with Crippen molar-refractivity contribution in [1.29, 1.82) is 0 Å². The molecule has 4 nitrogen and oxygen atoms in total. The van der Waals surface area contributed by atoms with E-state index in [0.717, 1.165) is 29.9 Å². The van der Waals surface area contributed by atoms with Gasteiger partial charge >= 0.3 is 0 Å². The molecule has 2 aromatic heterocycles. The number of likely N-dealkylation sites (tertiary alicyclic amines) is 1. The van der Waals surface area contributed by atoms with Crippen molar-refractivity contribution in [2.45, 2.75) is 58.4 Å². The summed E-state index contributed by atoms with van der Waals surface area (Å²) in [5.74, 6) is 1.21. The maximum atomic E-state index is 12.6. The van der Waals surface area contributed by atoms with E-state index in [0.29, 0.717) is 18.4 Å². The molecular weight excluding hydrogens is 286 g/mol. The third-order valence-electron chi connectivity index (χ3n) is 5.44. The number of nitrogens with one attached hydrogen (secondary N) is 1. The summed E-state index contributed by atoms with van der Waals surface area (Å²) in [6, 6.07) is 4.55. The van der Waals surface area contributed by atoms with Gasteiger partial charge in [-0.15, -0.1) is 0 Å². The Bertz CT molecular complexity index is 678. The molecule has 2 aromatic rings. The number of amides is 1. The lowest BCUT2D eigenvalue weighted by Gasteiger charge is -2.43. The van der Waals surface area contributed by atoms with Crippen LogP contribution in [-0.4, -0.2) is 33.4 Å². The van der Waals surface area contributed by atoms with E-state index in [4.69, 9.17) is 0 Å². The fraction of sp³-hybridized carbons (Fsp3) is 0.579. The van der Waals surface area contributed by atoms with Crippen molar-refractivity contribution >= 4 is 16.9 Å². The zero-order valence-corrected chi connectivity index (χ0v) is 12.9. The van der Waals surface area contributed by atoms with Gasteiger partial charge in [0.25, 0.3) is 0 Å². The van der Waals surface area contributed by atoms with Crippen LogP contribution in [0.15, 0.2) is 24.5 Å². The summed E-state index contributed by atoms with van der Waals surface area (Å²) >= 11 is 0. The van der Waals surface area contributed by atoms with E-state index >= 15 is 0 Å². The van der Waals surface area contributed by atoms with Crippen LogP contribution in [0.25, 0.3) is 11.0 Å². The summed E-state index contributed by atoms with van der Waals surface area (Å²) in [6.07, 6.45) is 11.5. The Labute approximate surface area is 138 Å². The summed E-state index contributed by atoms with van der Waals surface area (Å²) in [4.78, 5) is 22.3. The summed E-state index contributed by atoms with van der Waals surface area (Å²) in [7, 11) is 0. The molecule has 1 amide bonds. The first kappa shape index (κ1) is 16.0. The molecule has 1 saturated carbocycles. The van der Waals surface area contributed by atoms with E-state index in [2.05, 4.69) is 20.9 Å². The zero-order chi connectivity index (χ0) is 14.9. The minimum absolute atomic E-state index is 0. The fourth-order valence-electron chi connectivity index (χ4n) is 4.25. The predicted octanol–water partition coefficient (Wildman–Crippen LogP) is 3.92. The van der Waals surface area contributed by atoms with Crippen LogP contribution in [0.5, 0.6) is 0 Å². The van der Waals surface area contributed by atoms with Gasteiger partial charge in [0.1, 0.15) is 5.65 Å². The Kier molecular flexibility index (Phi) is 4.69. The van der Waals surface area contributed by atoms with E-state index in [9.17, 15) is 4.79 Å². The van der Waals surface area contributed by atoms with Crippen molar-refractivity contribution in [2.75, 3.05) is 6.54 Å². The van der Waals surface area contributed by atoms with E-state index < -0.39 is 0 Å². The van der Waals surface area contributed by atoms with Crippen molar-refractivity contribution in [3.63, 3.8) is 0 Å². The molecule has 2 unspecified atom stereocenters. The number of aromatic amines is 1. The molecule has 1 saturated heterocycles. The molecule has 2 fully saturated rings. The largest absolute Gasteiger partial charge is 0.346 e. The molecule has 0 spiro atoms. The van der Waals surface area contributed by atoms with Gasteiger partial charge in [0, 0.05) is 36.8 Å². The van der Waals surface area contributed by atoms with Crippen LogP contribution < -0.4 is 0 Å². The van der Waals surface area contributed by atoms with Crippen molar-refractivity contribution < 1.29 is 4.79 Å². The van der Waals surface area contributed by atoms with Crippen molar-refractivity contribution in [3.8, 4) is 0 Å². The lowest BCUT2D eigenvalue weighted by Crippen LogP contribution is -2.48. The number of H-pyrrole nitrogens is 1. The third kappa shape index (κ3) is 3.12. The lowest BCUT2D eigenvalue weighted by molar-refractivity contribution is -0.136.